The van der Waals surface area contributed by atoms with Crippen LogP contribution in [0.25, 0.3) is 0 Å². The molecule has 2 unspecified atom stereocenters. The van der Waals surface area contributed by atoms with E-state index in [1.807, 2.05) is 11.8 Å². The van der Waals surface area contributed by atoms with Crippen molar-refractivity contribution in [3.05, 3.63) is 0 Å². The number of rotatable bonds is 4. The summed E-state index contributed by atoms with van der Waals surface area (Å²) in [7, 11) is 0. The molecule has 0 spiro atoms. The van der Waals surface area contributed by atoms with E-state index >= 15 is 0 Å². The molecule has 1 aliphatic carbocycles. The van der Waals surface area contributed by atoms with Crippen LogP contribution in [0.3, 0.4) is 0 Å². The van der Waals surface area contributed by atoms with Crippen LogP contribution in [-0.2, 0) is 0 Å². The summed E-state index contributed by atoms with van der Waals surface area (Å²) in [5.74, 6) is 3.10. The highest BCUT2D eigenvalue weighted by atomic mass is 32.2. The smallest absolute Gasteiger partial charge is 0.00724 e. The first-order chi connectivity index (χ1) is 6.22. The summed E-state index contributed by atoms with van der Waals surface area (Å²) in [5, 5.41) is 3.66. The largest absolute Gasteiger partial charge is 0.313 e. The van der Waals surface area contributed by atoms with Crippen LogP contribution in [0.2, 0.25) is 0 Å². The summed E-state index contributed by atoms with van der Waals surface area (Å²) in [4.78, 5) is 0. The summed E-state index contributed by atoms with van der Waals surface area (Å²) in [6.45, 7) is 5.96. The van der Waals surface area contributed by atoms with E-state index in [4.69, 9.17) is 0 Å². The van der Waals surface area contributed by atoms with E-state index < -0.39 is 0 Å². The lowest BCUT2D eigenvalue weighted by Gasteiger charge is -2.32. The minimum absolute atomic E-state index is 0.797. The molecule has 0 aromatic heterocycles. The molecule has 0 heterocycles. The summed E-state index contributed by atoms with van der Waals surface area (Å²) >= 11 is 1.93. The van der Waals surface area contributed by atoms with Gasteiger partial charge in [0.1, 0.15) is 0 Å². The third kappa shape index (κ3) is 4.37. The highest BCUT2D eigenvalue weighted by molar-refractivity contribution is 7.98. The minimum Gasteiger partial charge on any atom is -0.313 e. The van der Waals surface area contributed by atoms with Gasteiger partial charge in [0.15, 0.2) is 0 Å². The van der Waals surface area contributed by atoms with Gasteiger partial charge in [-0.1, -0.05) is 13.8 Å². The van der Waals surface area contributed by atoms with Crippen molar-refractivity contribution in [1.29, 1.82) is 0 Å². The van der Waals surface area contributed by atoms with Gasteiger partial charge in [-0.05, 0) is 37.4 Å². The van der Waals surface area contributed by atoms with Crippen molar-refractivity contribution < 1.29 is 0 Å². The molecule has 2 heteroatoms. The molecule has 13 heavy (non-hydrogen) atoms. The van der Waals surface area contributed by atoms with Gasteiger partial charge in [-0.15, -0.1) is 0 Å². The number of thioether (sulfide) groups is 1. The van der Waals surface area contributed by atoms with E-state index in [0.717, 1.165) is 17.9 Å². The van der Waals surface area contributed by atoms with Crippen LogP contribution < -0.4 is 5.32 Å². The van der Waals surface area contributed by atoms with Crippen molar-refractivity contribution in [2.75, 3.05) is 18.6 Å². The highest BCUT2D eigenvalue weighted by Gasteiger charge is 2.22. The van der Waals surface area contributed by atoms with E-state index in [2.05, 4.69) is 25.4 Å². The molecule has 1 nitrogen and oxygen atoms in total. The molecular weight excluding hydrogens is 178 g/mol. The fourth-order valence-electron chi connectivity index (χ4n) is 2.48. The Hall–Kier alpha value is 0.310. The Bertz CT molecular complexity index is 128. The topological polar surface area (TPSA) is 12.0 Å². The Morgan fingerprint density at radius 3 is 2.31 bits per heavy atom. The van der Waals surface area contributed by atoms with Crippen LogP contribution in [0.15, 0.2) is 0 Å². The van der Waals surface area contributed by atoms with Crippen LogP contribution in [-0.4, -0.2) is 24.6 Å². The Balaban J connectivity index is 2.17. The average molecular weight is 201 g/mol. The predicted molar refractivity (Wildman–Crippen MR) is 62.4 cm³/mol. The summed E-state index contributed by atoms with van der Waals surface area (Å²) in [6, 6.07) is 0.797. The second-order valence-electron chi connectivity index (χ2n) is 4.56. The molecule has 2 atom stereocenters. The Kier molecular flexibility index (Phi) is 5.18. The highest BCUT2D eigenvalue weighted by Crippen LogP contribution is 2.28. The van der Waals surface area contributed by atoms with Crippen molar-refractivity contribution in [1.82, 2.24) is 5.32 Å². The third-order valence-electron chi connectivity index (χ3n) is 2.92. The minimum atomic E-state index is 0.797. The fourth-order valence-corrected chi connectivity index (χ4v) is 2.80. The van der Waals surface area contributed by atoms with Crippen molar-refractivity contribution in [2.45, 2.75) is 39.2 Å². The molecule has 0 saturated heterocycles. The quantitative estimate of drug-likeness (QED) is 0.702. The van der Waals surface area contributed by atoms with Gasteiger partial charge in [-0.2, -0.15) is 11.8 Å². The second kappa shape index (κ2) is 5.92. The van der Waals surface area contributed by atoms with Gasteiger partial charge < -0.3 is 5.32 Å². The van der Waals surface area contributed by atoms with Gasteiger partial charge in [0.05, 0.1) is 0 Å². The zero-order valence-corrected chi connectivity index (χ0v) is 9.99. The summed E-state index contributed by atoms with van der Waals surface area (Å²) < 4.78 is 0. The standard InChI is InChI=1S/C11H23NS/c1-9-6-10(2)8-11(7-9)12-4-5-13-3/h9-12H,4-8H2,1-3H3. The summed E-state index contributed by atoms with van der Waals surface area (Å²) in [6.07, 6.45) is 6.38. The van der Waals surface area contributed by atoms with E-state index in [0.29, 0.717) is 0 Å². The predicted octanol–water partition coefficient (Wildman–Crippen LogP) is 2.76. The average Bonchev–Trinajstić information content (AvgIpc) is 2.03. The molecule has 1 N–H and O–H groups in total. The Morgan fingerprint density at radius 1 is 1.15 bits per heavy atom. The van der Waals surface area contributed by atoms with E-state index in [1.54, 1.807) is 0 Å². The van der Waals surface area contributed by atoms with E-state index in [9.17, 15) is 0 Å². The second-order valence-corrected chi connectivity index (χ2v) is 5.55. The monoisotopic (exact) mass is 201 g/mol. The van der Waals surface area contributed by atoms with Gasteiger partial charge in [-0.25, -0.2) is 0 Å². The first-order valence-electron chi connectivity index (χ1n) is 5.44. The molecule has 0 aromatic rings. The molecule has 0 bridgehead atoms. The molecule has 0 amide bonds. The van der Waals surface area contributed by atoms with Gasteiger partial charge in [0, 0.05) is 18.3 Å². The zero-order valence-electron chi connectivity index (χ0n) is 9.18. The van der Waals surface area contributed by atoms with Gasteiger partial charge in [0.2, 0.25) is 0 Å². The van der Waals surface area contributed by atoms with E-state index in [1.165, 1.54) is 31.6 Å². The number of nitrogens with one attached hydrogen (secondary N) is 1. The molecule has 78 valence electrons. The molecule has 1 saturated carbocycles. The third-order valence-corrected chi connectivity index (χ3v) is 3.53. The normalized spacial score (nSPS) is 34.8. The Morgan fingerprint density at radius 2 is 1.77 bits per heavy atom. The number of hydrogen-bond donors (Lipinski definition) is 1. The van der Waals surface area contributed by atoms with Gasteiger partial charge in [-0.3, -0.25) is 0 Å². The van der Waals surface area contributed by atoms with Crippen molar-refractivity contribution >= 4 is 11.8 Å². The van der Waals surface area contributed by atoms with Crippen LogP contribution >= 0.6 is 11.8 Å². The molecule has 1 fully saturated rings. The van der Waals surface area contributed by atoms with Crippen LogP contribution in [0.5, 0.6) is 0 Å². The molecular formula is C11H23NS. The number of hydrogen-bond acceptors (Lipinski definition) is 2. The van der Waals surface area contributed by atoms with Crippen LogP contribution in [0, 0.1) is 11.8 Å². The van der Waals surface area contributed by atoms with Crippen LogP contribution in [0.4, 0.5) is 0 Å². The van der Waals surface area contributed by atoms with E-state index in [-0.39, 0.29) is 0 Å². The lowest BCUT2D eigenvalue weighted by Crippen LogP contribution is -2.37. The maximum absolute atomic E-state index is 3.66. The zero-order chi connectivity index (χ0) is 9.68. The van der Waals surface area contributed by atoms with Gasteiger partial charge >= 0.3 is 0 Å². The SMILES string of the molecule is CSCCNC1CC(C)CC(C)C1. The lowest BCUT2D eigenvalue weighted by atomic mass is 9.80. The van der Waals surface area contributed by atoms with Crippen LogP contribution in [0.1, 0.15) is 33.1 Å². The molecule has 1 aliphatic rings. The Labute approximate surface area is 87.1 Å². The van der Waals surface area contributed by atoms with Gasteiger partial charge in [0.25, 0.3) is 0 Å². The first-order valence-corrected chi connectivity index (χ1v) is 6.84. The van der Waals surface area contributed by atoms with Crippen molar-refractivity contribution in [3.63, 3.8) is 0 Å². The molecule has 1 rings (SSSR count). The molecule has 0 radical (unpaired) electrons. The molecule has 0 aromatic carbocycles. The maximum Gasteiger partial charge on any atom is 0.00724 e. The van der Waals surface area contributed by atoms with Crippen molar-refractivity contribution in [2.24, 2.45) is 11.8 Å². The first kappa shape index (κ1) is 11.4. The molecule has 0 aliphatic heterocycles. The lowest BCUT2D eigenvalue weighted by molar-refractivity contribution is 0.242. The maximum atomic E-state index is 3.66. The summed E-state index contributed by atoms with van der Waals surface area (Å²) in [5.41, 5.74) is 0. The van der Waals surface area contributed by atoms with Crippen molar-refractivity contribution in [3.8, 4) is 0 Å². The fraction of sp³-hybridized carbons (Fsp3) is 1.00.